The highest BCUT2D eigenvalue weighted by Gasteiger charge is 2.43. The lowest BCUT2D eigenvalue weighted by Crippen LogP contribution is -2.59. The summed E-state index contributed by atoms with van der Waals surface area (Å²) in [7, 11) is 0. The molecule has 350 valence electrons. The maximum Gasteiger partial charge on any atom is 0.220 e. The minimum atomic E-state index is -1.48. The smallest absolute Gasteiger partial charge is 0.220 e. The monoisotopic (exact) mass is 840 g/mol. The molecule has 0 aliphatic carbocycles. The summed E-state index contributed by atoms with van der Waals surface area (Å²) in [5.74, 6) is -0.184. The molecule has 0 aromatic carbocycles. The molecule has 0 saturated carbocycles. The van der Waals surface area contributed by atoms with Crippen molar-refractivity contribution in [2.45, 2.75) is 294 Å². The molecular weight excluding hydrogens is 743 g/mol. The Balaban J connectivity index is 2.21. The highest BCUT2D eigenvalue weighted by molar-refractivity contribution is 5.76. The van der Waals surface area contributed by atoms with Crippen LogP contribution in [0, 0.1) is 0 Å². The topological polar surface area (TPSA) is 160 Å². The number of nitrogens with one attached hydrogen (secondary N) is 1. The third kappa shape index (κ3) is 29.8. The average Bonchev–Trinajstić information content (AvgIpc) is 3.23. The molecule has 1 aliphatic heterocycles. The minimum absolute atomic E-state index is 0.155. The number of unbranched alkanes of at least 4 members (excludes halogenated alkanes) is 29. The number of rotatable bonds is 42. The van der Waals surface area contributed by atoms with Gasteiger partial charge in [-0.1, -0.05) is 199 Å². The van der Waals surface area contributed by atoms with Crippen LogP contribution in [0.3, 0.4) is 0 Å². The van der Waals surface area contributed by atoms with Crippen molar-refractivity contribution >= 4 is 5.91 Å². The van der Waals surface area contributed by atoms with Gasteiger partial charge in [-0.05, 0) is 51.4 Å². The van der Waals surface area contributed by atoms with Gasteiger partial charge in [0.15, 0.2) is 0 Å². The fourth-order valence-corrected chi connectivity index (χ4v) is 8.60. The lowest BCUT2D eigenvalue weighted by Gasteiger charge is -2.40. The second-order valence-electron chi connectivity index (χ2n) is 18.2. The first-order chi connectivity index (χ1) is 28.8. The van der Waals surface area contributed by atoms with Crippen LogP contribution in [0.5, 0.6) is 0 Å². The molecule has 1 aliphatic rings. The van der Waals surface area contributed by atoms with E-state index in [1.807, 2.05) is 0 Å². The predicted molar refractivity (Wildman–Crippen MR) is 244 cm³/mol. The molecule has 1 heterocycles. The summed E-state index contributed by atoms with van der Waals surface area (Å²) >= 11 is 0. The SMILES string of the molecule is CCCCCCCCCCCCCCCCCC/C=C/CCCCCCCCC(=O)N[C@@H](CC[C@H]1OC(CO)[C@H](O)C(O)[C@@H]1O)[C@H](O)[C@H](O)CCCCCCCCCC. The summed E-state index contributed by atoms with van der Waals surface area (Å²) < 4.78 is 5.67. The molecule has 0 aromatic rings. The van der Waals surface area contributed by atoms with Crippen LogP contribution < -0.4 is 5.32 Å². The summed E-state index contributed by atoms with van der Waals surface area (Å²) in [5.41, 5.74) is 0. The standard InChI is InChI=1S/C50H97NO8/c1-3-5-7-9-11-13-14-15-16-17-18-19-20-21-22-23-24-25-26-27-28-29-30-32-34-36-38-46(54)51-42(39-40-44-48(56)50(58)49(57)45(41-52)59-44)47(55)43(53)37-35-33-31-12-10-8-6-4-2/h25-26,42-45,47-50,52-53,55-58H,3-24,27-41H2,1-2H3,(H,51,54)/b26-25+/t42-,43+,44+,45?,47-,48+,49-,50?/m0/s1. The Hall–Kier alpha value is -1.07. The molecule has 8 atom stereocenters. The number of hydrogen-bond donors (Lipinski definition) is 7. The van der Waals surface area contributed by atoms with Gasteiger partial charge in [0.25, 0.3) is 0 Å². The average molecular weight is 840 g/mol. The van der Waals surface area contributed by atoms with E-state index in [2.05, 4.69) is 31.3 Å². The molecule has 0 spiro atoms. The van der Waals surface area contributed by atoms with Gasteiger partial charge in [0, 0.05) is 6.42 Å². The molecule has 59 heavy (non-hydrogen) atoms. The van der Waals surface area contributed by atoms with E-state index in [0.717, 1.165) is 51.4 Å². The number of carbonyl (C=O) groups is 1. The van der Waals surface area contributed by atoms with Crippen molar-refractivity contribution in [3.05, 3.63) is 12.2 Å². The van der Waals surface area contributed by atoms with Crippen molar-refractivity contribution < 1.29 is 40.2 Å². The first kappa shape index (κ1) is 55.9. The van der Waals surface area contributed by atoms with Gasteiger partial charge in [0.2, 0.25) is 5.91 Å². The summed E-state index contributed by atoms with van der Waals surface area (Å²) in [4.78, 5) is 13.0. The van der Waals surface area contributed by atoms with Crippen molar-refractivity contribution in [3.63, 3.8) is 0 Å². The predicted octanol–water partition coefficient (Wildman–Crippen LogP) is 10.7. The van der Waals surface area contributed by atoms with Crippen LogP contribution in [0.1, 0.15) is 245 Å². The minimum Gasteiger partial charge on any atom is -0.394 e. The highest BCUT2D eigenvalue weighted by atomic mass is 16.5. The molecular formula is C50H97NO8. The van der Waals surface area contributed by atoms with Crippen LogP contribution in [0.2, 0.25) is 0 Å². The third-order valence-corrected chi connectivity index (χ3v) is 12.7. The van der Waals surface area contributed by atoms with E-state index in [0.29, 0.717) is 12.8 Å². The van der Waals surface area contributed by atoms with Crippen LogP contribution in [-0.4, -0.2) is 91.9 Å². The molecule has 9 heteroatoms. The van der Waals surface area contributed by atoms with Crippen LogP contribution in [0.4, 0.5) is 0 Å². The number of carbonyl (C=O) groups excluding carboxylic acids is 1. The van der Waals surface area contributed by atoms with Crippen molar-refractivity contribution in [2.75, 3.05) is 6.61 Å². The van der Waals surface area contributed by atoms with E-state index in [9.17, 15) is 35.4 Å². The van der Waals surface area contributed by atoms with Gasteiger partial charge in [-0.25, -0.2) is 0 Å². The second-order valence-corrected chi connectivity index (χ2v) is 18.2. The molecule has 1 saturated heterocycles. The van der Waals surface area contributed by atoms with Crippen molar-refractivity contribution in [1.29, 1.82) is 0 Å². The third-order valence-electron chi connectivity index (χ3n) is 12.7. The maximum atomic E-state index is 13.0. The molecule has 0 bridgehead atoms. The summed E-state index contributed by atoms with van der Waals surface area (Å²) in [5, 5.41) is 65.5. The Bertz CT molecular complexity index is 950. The van der Waals surface area contributed by atoms with E-state index in [1.54, 1.807) is 0 Å². The van der Waals surface area contributed by atoms with Gasteiger partial charge in [-0.15, -0.1) is 0 Å². The highest BCUT2D eigenvalue weighted by Crippen LogP contribution is 2.26. The number of ether oxygens (including phenoxy) is 1. The molecule has 0 aromatic heterocycles. The number of aliphatic hydroxyl groups is 6. The molecule has 7 N–H and O–H groups in total. The van der Waals surface area contributed by atoms with E-state index < -0.39 is 55.4 Å². The zero-order valence-corrected chi connectivity index (χ0v) is 38.4. The van der Waals surface area contributed by atoms with Gasteiger partial charge in [-0.2, -0.15) is 0 Å². The summed E-state index contributed by atoms with van der Waals surface area (Å²) in [6.07, 6.45) is 37.6. The molecule has 1 fully saturated rings. The fourth-order valence-electron chi connectivity index (χ4n) is 8.60. The van der Waals surface area contributed by atoms with Crippen molar-refractivity contribution in [3.8, 4) is 0 Å². The Morgan fingerprint density at radius 3 is 1.36 bits per heavy atom. The zero-order valence-electron chi connectivity index (χ0n) is 38.4. The quantitative estimate of drug-likeness (QED) is 0.0236. The van der Waals surface area contributed by atoms with Gasteiger partial charge in [0.05, 0.1) is 31.0 Å². The normalized spacial score (nSPS) is 21.3. The lowest BCUT2D eigenvalue weighted by atomic mass is 9.90. The Morgan fingerprint density at radius 2 is 0.915 bits per heavy atom. The molecule has 9 nitrogen and oxygen atoms in total. The van der Waals surface area contributed by atoms with Gasteiger partial charge in [-0.3, -0.25) is 4.79 Å². The molecule has 1 rings (SSSR count). The van der Waals surface area contributed by atoms with Crippen LogP contribution >= 0.6 is 0 Å². The van der Waals surface area contributed by atoms with Gasteiger partial charge < -0.3 is 40.7 Å². The first-order valence-corrected chi connectivity index (χ1v) is 25.4. The van der Waals surface area contributed by atoms with E-state index in [-0.39, 0.29) is 18.7 Å². The van der Waals surface area contributed by atoms with Crippen LogP contribution in [0.25, 0.3) is 0 Å². The van der Waals surface area contributed by atoms with Crippen LogP contribution in [0.15, 0.2) is 12.2 Å². The first-order valence-electron chi connectivity index (χ1n) is 25.4. The van der Waals surface area contributed by atoms with E-state index in [4.69, 9.17) is 4.74 Å². The zero-order chi connectivity index (χ0) is 43.2. The van der Waals surface area contributed by atoms with Gasteiger partial charge in [0.1, 0.15) is 24.4 Å². The second kappa shape index (κ2) is 39.8. The maximum absolute atomic E-state index is 13.0. The van der Waals surface area contributed by atoms with Crippen LogP contribution in [-0.2, 0) is 9.53 Å². The summed E-state index contributed by atoms with van der Waals surface area (Å²) in [6, 6.07) is -0.768. The number of aliphatic hydroxyl groups excluding tert-OH is 6. The van der Waals surface area contributed by atoms with Crippen molar-refractivity contribution in [1.82, 2.24) is 5.32 Å². The van der Waals surface area contributed by atoms with E-state index in [1.165, 1.54) is 154 Å². The summed E-state index contributed by atoms with van der Waals surface area (Å²) in [6.45, 7) is 3.97. The lowest BCUT2D eigenvalue weighted by molar-refractivity contribution is -0.231. The molecule has 2 unspecified atom stereocenters. The number of hydrogen-bond acceptors (Lipinski definition) is 8. The molecule has 0 radical (unpaired) electrons. The molecule has 1 amide bonds. The van der Waals surface area contributed by atoms with Gasteiger partial charge >= 0.3 is 0 Å². The Labute approximate surface area is 363 Å². The largest absolute Gasteiger partial charge is 0.394 e. The Kier molecular flexibility index (Phi) is 37.7. The van der Waals surface area contributed by atoms with Crippen molar-refractivity contribution in [2.24, 2.45) is 0 Å². The van der Waals surface area contributed by atoms with E-state index >= 15 is 0 Å². The number of amides is 1. The number of allylic oxidation sites excluding steroid dienone is 2. The Morgan fingerprint density at radius 1 is 0.525 bits per heavy atom. The fraction of sp³-hybridized carbons (Fsp3) is 0.940.